The van der Waals surface area contributed by atoms with E-state index < -0.39 is 11.9 Å². The lowest BCUT2D eigenvalue weighted by Gasteiger charge is -2.34. The number of nitrogens with zero attached hydrogens (tertiary/aromatic N) is 1. The van der Waals surface area contributed by atoms with Crippen molar-refractivity contribution < 1.29 is 9.59 Å². The number of piperidine rings is 1. The quantitative estimate of drug-likeness (QED) is 0.803. The average Bonchev–Trinajstić information content (AvgIpc) is 2.38. The van der Waals surface area contributed by atoms with Crippen LogP contribution < -0.4 is 11.5 Å². The highest BCUT2D eigenvalue weighted by Gasteiger charge is 2.31. The minimum atomic E-state index is -0.545. The summed E-state index contributed by atoms with van der Waals surface area (Å²) in [5.41, 5.74) is 11.8. The van der Waals surface area contributed by atoms with Gasteiger partial charge in [-0.15, -0.1) is 0 Å². The van der Waals surface area contributed by atoms with E-state index in [1.54, 1.807) is 12.1 Å². The Kier molecular flexibility index (Phi) is 3.95. The van der Waals surface area contributed by atoms with Crippen molar-refractivity contribution in [3.63, 3.8) is 0 Å². The smallest absolute Gasteiger partial charge is 0.256 e. The van der Waals surface area contributed by atoms with E-state index in [4.69, 9.17) is 23.1 Å². The Hall–Kier alpha value is -1.75. The molecule has 1 unspecified atom stereocenters. The van der Waals surface area contributed by atoms with Gasteiger partial charge in [-0.05, 0) is 37.5 Å². The first-order valence-corrected chi connectivity index (χ1v) is 6.54. The first-order chi connectivity index (χ1) is 9.00. The minimum absolute atomic E-state index is 0.266. The summed E-state index contributed by atoms with van der Waals surface area (Å²) in [6.07, 6.45) is 2.37. The van der Waals surface area contributed by atoms with E-state index in [9.17, 15) is 9.59 Å². The van der Waals surface area contributed by atoms with E-state index in [2.05, 4.69) is 0 Å². The third-order valence-corrected chi connectivity index (χ3v) is 3.57. The van der Waals surface area contributed by atoms with E-state index >= 15 is 0 Å². The van der Waals surface area contributed by atoms with Crippen LogP contribution in [0.25, 0.3) is 0 Å². The fourth-order valence-corrected chi connectivity index (χ4v) is 2.53. The SMILES string of the molecule is NC(=O)C1CCCCN1C(=O)c1ccc(Cl)cc1N. The molecule has 0 aliphatic carbocycles. The summed E-state index contributed by atoms with van der Waals surface area (Å²) in [4.78, 5) is 25.4. The Morgan fingerprint density at radius 2 is 2.05 bits per heavy atom. The zero-order chi connectivity index (χ0) is 14.0. The van der Waals surface area contributed by atoms with Crippen molar-refractivity contribution >= 4 is 29.1 Å². The number of primary amides is 1. The second-order valence-corrected chi connectivity index (χ2v) is 5.08. The summed E-state index contributed by atoms with van der Waals surface area (Å²) in [7, 11) is 0. The van der Waals surface area contributed by atoms with E-state index in [-0.39, 0.29) is 5.91 Å². The monoisotopic (exact) mass is 281 g/mol. The van der Waals surface area contributed by atoms with Gasteiger partial charge in [-0.2, -0.15) is 0 Å². The van der Waals surface area contributed by atoms with Crippen LogP contribution in [0.15, 0.2) is 18.2 Å². The van der Waals surface area contributed by atoms with Gasteiger partial charge in [0.25, 0.3) is 5.91 Å². The average molecular weight is 282 g/mol. The molecule has 4 N–H and O–H groups in total. The van der Waals surface area contributed by atoms with Gasteiger partial charge in [0.2, 0.25) is 5.91 Å². The predicted octanol–water partition coefficient (Wildman–Crippen LogP) is 1.40. The van der Waals surface area contributed by atoms with Gasteiger partial charge in [-0.25, -0.2) is 0 Å². The van der Waals surface area contributed by atoms with Gasteiger partial charge in [-0.3, -0.25) is 9.59 Å². The highest BCUT2D eigenvalue weighted by Crippen LogP contribution is 2.24. The van der Waals surface area contributed by atoms with Crippen molar-refractivity contribution in [3.05, 3.63) is 28.8 Å². The lowest BCUT2D eigenvalue weighted by Crippen LogP contribution is -2.50. The molecule has 1 aliphatic heterocycles. The maximum atomic E-state index is 12.4. The first-order valence-electron chi connectivity index (χ1n) is 6.16. The van der Waals surface area contributed by atoms with Crippen LogP contribution in [0.5, 0.6) is 0 Å². The number of amides is 2. The van der Waals surface area contributed by atoms with Gasteiger partial charge in [-0.1, -0.05) is 11.6 Å². The van der Waals surface area contributed by atoms with Crippen LogP contribution in [0, 0.1) is 0 Å². The molecule has 1 aromatic rings. The zero-order valence-electron chi connectivity index (χ0n) is 10.4. The second-order valence-electron chi connectivity index (χ2n) is 4.64. The van der Waals surface area contributed by atoms with Gasteiger partial charge in [0, 0.05) is 17.3 Å². The maximum Gasteiger partial charge on any atom is 0.256 e. The number of nitrogen functional groups attached to an aromatic ring is 1. The van der Waals surface area contributed by atoms with Crippen molar-refractivity contribution in [2.24, 2.45) is 5.73 Å². The van der Waals surface area contributed by atoms with E-state index in [0.717, 1.165) is 12.8 Å². The highest BCUT2D eigenvalue weighted by molar-refractivity contribution is 6.31. The number of likely N-dealkylation sites (tertiary alicyclic amines) is 1. The zero-order valence-corrected chi connectivity index (χ0v) is 11.2. The standard InChI is InChI=1S/C13H16ClN3O2/c14-8-4-5-9(10(15)7-8)13(19)17-6-2-1-3-11(17)12(16)18/h4-5,7,11H,1-3,6,15H2,(H2,16,18). The molecular formula is C13H16ClN3O2. The molecule has 1 aromatic carbocycles. The van der Waals surface area contributed by atoms with E-state index in [0.29, 0.717) is 29.2 Å². The Morgan fingerprint density at radius 1 is 1.32 bits per heavy atom. The molecule has 6 heteroatoms. The fourth-order valence-electron chi connectivity index (χ4n) is 2.35. The lowest BCUT2D eigenvalue weighted by atomic mass is 10.00. The van der Waals surface area contributed by atoms with Crippen LogP contribution in [0.3, 0.4) is 0 Å². The Balaban J connectivity index is 2.28. The molecule has 0 aromatic heterocycles. The molecule has 0 spiro atoms. The van der Waals surface area contributed by atoms with E-state index in [1.807, 2.05) is 0 Å². The van der Waals surface area contributed by atoms with Crippen LogP contribution in [0.1, 0.15) is 29.6 Å². The van der Waals surface area contributed by atoms with E-state index in [1.165, 1.54) is 11.0 Å². The normalized spacial score (nSPS) is 19.2. The van der Waals surface area contributed by atoms with Gasteiger partial charge < -0.3 is 16.4 Å². The third kappa shape index (κ3) is 2.81. The Labute approximate surface area is 116 Å². The number of carbonyl (C=O) groups excluding carboxylic acids is 2. The molecule has 2 rings (SSSR count). The first kappa shape index (κ1) is 13.7. The molecule has 1 heterocycles. The van der Waals surface area contributed by atoms with Gasteiger partial charge in [0.15, 0.2) is 0 Å². The second kappa shape index (κ2) is 5.48. The Morgan fingerprint density at radius 3 is 2.68 bits per heavy atom. The van der Waals surface area contributed by atoms with Gasteiger partial charge in [0.1, 0.15) is 6.04 Å². The fraction of sp³-hybridized carbons (Fsp3) is 0.385. The van der Waals surface area contributed by atoms with Crippen LogP contribution in [0.2, 0.25) is 5.02 Å². The van der Waals surface area contributed by atoms with Crippen molar-refractivity contribution in [1.29, 1.82) is 0 Å². The van der Waals surface area contributed by atoms with Gasteiger partial charge in [0.05, 0.1) is 5.56 Å². The largest absolute Gasteiger partial charge is 0.398 e. The lowest BCUT2D eigenvalue weighted by molar-refractivity contribution is -0.123. The topological polar surface area (TPSA) is 89.4 Å². The summed E-state index contributed by atoms with van der Waals surface area (Å²) in [5, 5.41) is 0.471. The summed E-state index contributed by atoms with van der Waals surface area (Å²) < 4.78 is 0. The summed E-state index contributed by atoms with van der Waals surface area (Å²) in [6.45, 7) is 0.522. The van der Waals surface area contributed by atoms with Crippen LogP contribution >= 0.6 is 11.6 Å². The molecule has 1 fully saturated rings. The molecule has 0 saturated carbocycles. The number of nitrogens with two attached hydrogens (primary N) is 2. The summed E-state index contributed by atoms with van der Waals surface area (Å²) >= 11 is 5.81. The summed E-state index contributed by atoms with van der Waals surface area (Å²) in [6, 6.07) is 4.16. The predicted molar refractivity (Wildman–Crippen MR) is 73.7 cm³/mol. The number of carbonyl (C=O) groups is 2. The summed E-state index contributed by atoms with van der Waals surface area (Å²) in [5.74, 6) is -0.738. The van der Waals surface area contributed by atoms with Gasteiger partial charge >= 0.3 is 0 Å². The molecular weight excluding hydrogens is 266 g/mol. The molecule has 1 saturated heterocycles. The van der Waals surface area contributed by atoms with Crippen molar-refractivity contribution in [3.8, 4) is 0 Å². The molecule has 1 aliphatic rings. The number of rotatable bonds is 2. The maximum absolute atomic E-state index is 12.4. The molecule has 0 radical (unpaired) electrons. The number of hydrogen-bond acceptors (Lipinski definition) is 3. The van der Waals surface area contributed by atoms with Crippen molar-refractivity contribution in [2.45, 2.75) is 25.3 Å². The number of hydrogen-bond donors (Lipinski definition) is 2. The highest BCUT2D eigenvalue weighted by atomic mass is 35.5. The molecule has 0 bridgehead atoms. The number of anilines is 1. The molecule has 2 amide bonds. The molecule has 5 nitrogen and oxygen atoms in total. The minimum Gasteiger partial charge on any atom is -0.398 e. The Bertz CT molecular complexity index is 519. The number of halogens is 1. The van der Waals surface area contributed by atoms with Crippen LogP contribution in [0.4, 0.5) is 5.69 Å². The van der Waals surface area contributed by atoms with Crippen molar-refractivity contribution in [1.82, 2.24) is 4.90 Å². The number of benzene rings is 1. The van der Waals surface area contributed by atoms with Crippen molar-refractivity contribution in [2.75, 3.05) is 12.3 Å². The third-order valence-electron chi connectivity index (χ3n) is 3.34. The molecule has 102 valence electrons. The molecule has 19 heavy (non-hydrogen) atoms. The van der Waals surface area contributed by atoms with Crippen LogP contribution in [-0.4, -0.2) is 29.3 Å². The van der Waals surface area contributed by atoms with Crippen LogP contribution in [-0.2, 0) is 4.79 Å². The molecule has 1 atom stereocenters.